The zero-order chi connectivity index (χ0) is 16.4. The van der Waals surface area contributed by atoms with E-state index in [1.165, 1.54) is 29.9 Å². The number of hydrogen-bond donors (Lipinski definition) is 1. The van der Waals surface area contributed by atoms with Crippen LogP contribution in [0, 0.1) is 12.8 Å². The third kappa shape index (κ3) is 3.55. The van der Waals surface area contributed by atoms with E-state index in [4.69, 9.17) is 11.6 Å². The number of aryl methyl sites for hydroxylation is 1. The van der Waals surface area contributed by atoms with Crippen LogP contribution < -0.4 is 10.9 Å². The Labute approximate surface area is 139 Å². The van der Waals surface area contributed by atoms with Gasteiger partial charge in [0, 0.05) is 12.6 Å². The first-order valence-corrected chi connectivity index (χ1v) is 8.41. The van der Waals surface area contributed by atoms with Gasteiger partial charge >= 0.3 is 0 Å². The maximum atomic E-state index is 12.6. The summed E-state index contributed by atoms with van der Waals surface area (Å²) >= 11 is 5.94. The Bertz CT molecular complexity index is 794. The number of fused-ring (bicyclic) bond motifs is 1. The molecule has 1 aliphatic rings. The zero-order valence-electron chi connectivity index (χ0n) is 13.1. The van der Waals surface area contributed by atoms with Crippen LogP contribution in [-0.2, 0) is 4.79 Å². The van der Waals surface area contributed by atoms with Gasteiger partial charge in [0.2, 0.25) is 5.91 Å². The average molecular weight is 334 g/mol. The van der Waals surface area contributed by atoms with Gasteiger partial charge in [-0.25, -0.2) is 4.98 Å². The molecule has 0 atom stereocenters. The van der Waals surface area contributed by atoms with Crippen LogP contribution in [0.4, 0.5) is 5.69 Å². The van der Waals surface area contributed by atoms with Crippen molar-refractivity contribution >= 4 is 28.8 Å². The lowest BCUT2D eigenvalue weighted by Crippen LogP contribution is -2.26. The minimum Gasteiger partial charge on any atom is -0.320 e. The van der Waals surface area contributed by atoms with Crippen molar-refractivity contribution in [2.24, 2.45) is 5.92 Å². The number of nitrogens with one attached hydrogen (secondary N) is 1. The number of amides is 1. The van der Waals surface area contributed by atoms with Gasteiger partial charge in [0.1, 0.15) is 11.3 Å². The molecule has 5 nitrogen and oxygen atoms in total. The molecule has 0 bridgehead atoms. The van der Waals surface area contributed by atoms with Crippen molar-refractivity contribution in [3.8, 4) is 0 Å². The second kappa shape index (κ2) is 6.71. The van der Waals surface area contributed by atoms with Crippen molar-refractivity contribution in [2.45, 2.75) is 45.4 Å². The lowest BCUT2D eigenvalue weighted by Gasteiger charge is -2.21. The molecule has 1 aliphatic carbocycles. The summed E-state index contributed by atoms with van der Waals surface area (Å²) in [5.74, 6) is 0.315. The van der Waals surface area contributed by atoms with Crippen molar-refractivity contribution in [3.63, 3.8) is 0 Å². The molecule has 1 N–H and O–H groups in total. The molecule has 0 unspecified atom stereocenters. The number of anilines is 1. The molecule has 0 radical (unpaired) electrons. The van der Waals surface area contributed by atoms with E-state index in [1.807, 2.05) is 0 Å². The molecule has 1 saturated carbocycles. The second-order valence-corrected chi connectivity index (χ2v) is 6.65. The van der Waals surface area contributed by atoms with E-state index in [1.54, 1.807) is 19.1 Å². The summed E-state index contributed by atoms with van der Waals surface area (Å²) in [6.45, 7) is 1.73. The molecule has 1 fully saturated rings. The van der Waals surface area contributed by atoms with Crippen molar-refractivity contribution in [2.75, 3.05) is 5.32 Å². The van der Waals surface area contributed by atoms with Gasteiger partial charge in [0.25, 0.3) is 5.56 Å². The smallest absolute Gasteiger partial charge is 0.281 e. The highest BCUT2D eigenvalue weighted by atomic mass is 35.5. The summed E-state index contributed by atoms with van der Waals surface area (Å²) in [5.41, 5.74) is 0.981. The summed E-state index contributed by atoms with van der Waals surface area (Å²) in [4.78, 5) is 29.2. The van der Waals surface area contributed by atoms with E-state index in [9.17, 15) is 9.59 Å². The molecule has 2 aromatic rings. The van der Waals surface area contributed by atoms with Crippen LogP contribution in [0.15, 0.2) is 23.1 Å². The molecular formula is C17H20ClN3O2. The Balaban J connectivity index is 1.84. The number of aromatic nitrogens is 2. The van der Waals surface area contributed by atoms with Crippen LogP contribution in [0.5, 0.6) is 0 Å². The molecule has 1 amide bonds. The number of halogens is 1. The molecule has 23 heavy (non-hydrogen) atoms. The Kier molecular flexibility index (Phi) is 4.66. The highest BCUT2D eigenvalue weighted by Crippen LogP contribution is 2.26. The van der Waals surface area contributed by atoms with Gasteiger partial charge in [-0.05, 0) is 37.8 Å². The van der Waals surface area contributed by atoms with Crippen LogP contribution in [-0.4, -0.2) is 15.3 Å². The van der Waals surface area contributed by atoms with Crippen molar-refractivity contribution in [3.05, 3.63) is 39.4 Å². The maximum Gasteiger partial charge on any atom is 0.281 e. The minimum atomic E-state index is -0.299. The van der Waals surface area contributed by atoms with Crippen LogP contribution in [0.3, 0.4) is 0 Å². The van der Waals surface area contributed by atoms with Gasteiger partial charge in [-0.3, -0.25) is 14.0 Å². The summed E-state index contributed by atoms with van der Waals surface area (Å²) in [7, 11) is 0. The number of nitrogens with zero attached hydrogens (tertiary/aromatic N) is 2. The second-order valence-electron chi connectivity index (χ2n) is 6.21. The van der Waals surface area contributed by atoms with E-state index in [-0.39, 0.29) is 17.2 Å². The third-order valence-electron chi connectivity index (χ3n) is 4.43. The largest absolute Gasteiger partial charge is 0.320 e. The molecule has 0 spiro atoms. The fourth-order valence-corrected chi connectivity index (χ4v) is 3.37. The minimum absolute atomic E-state index is 0.110. The quantitative estimate of drug-likeness (QED) is 0.934. The zero-order valence-corrected chi connectivity index (χ0v) is 13.9. The molecule has 0 aromatic carbocycles. The molecule has 2 heterocycles. The highest BCUT2D eigenvalue weighted by molar-refractivity contribution is 6.30. The molecule has 2 aromatic heterocycles. The summed E-state index contributed by atoms with van der Waals surface area (Å²) in [6, 6.07) is 3.37. The van der Waals surface area contributed by atoms with E-state index in [0.717, 1.165) is 12.8 Å². The van der Waals surface area contributed by atoms with Gasteiger partial charge in [0.15, 0.2) is 0 Å². The van der Waals surface area contributed by atoms with Crippen molar-refractivity contribution in [1.82, 2.24) is 9.38 Å². The fraction of sp³-hybridized carbons (Fsp3) is 0.471. The van der Waals surface area contributed by atoms with Gasteiger partial charge in [0.05, 0.1) is 10.7 Å². The molecule has 0 saturated heterocycles. The fourth-order valence-electron chi connectivity index (χ4n) is 3.21. The van der Waals surface area contributed by atoms with E-state index in [0.29, 0.717) is 28.7 Å². The van der Waals surface area contributed by atoms with Crippen LogP contribution in [0.1, 0.15) is 44.2 Å². The number of carbonyl (C=O) groups excluding carboxylic acids is 1. The monoisotopic (exact) mass is 333 g/mol. The lowest BCUT2D eigenvalue weighted by atomic mass is 9.87. The Morgan fingerprint density at radius 3 is 2.83 bits per heavy atom. The molecule has 3 rings (SSSR count). The van der Waals surface area contributed by atoms with E-state index < -0.39 is 0 Å². The first-order valence-electron chi connectivity index (χ1n) is 8.03. The third-order valence-corrected chi connectivity index (χ3v) is 4.65. The highest BCUT2D eigenvalue weighted by Gasteiger charge is 2.19. The van der Waals surface area contributed by atoms with Gasteiger partial charge in [-0.15, -0.1) is 0 Å². The predicted molar refractivity (Wildman–Crippen MR) is 91.0 cm³/mol. The van der Waals surface area contributed by atoms with Gasteiger partial charge in [-0.2, -0.15) is 0 Å². The summed E-state index contributed by atoms with van der Waals surface area (Å²) in [5, 5.41) is 3.21. The number of rotatable bonds is 3. The van der Waals surface area contributed by atoms with E-state index >= 15 is 0 Å². The molecule has 0 aliphatic heterocycles. The number of hydrogen-bond acceptors (Lipinski definition) is 3. The van der Waals surface area contributed by atoms with Crippen LogP contribution in [0.25, 0.3) is 5.65 Å². The topological polar surface area (TPSA) is 63.5 Å². The van der Waals surface area contributed by atoms with E-state index in [2.05, 4.69) is 10.3 Å². The van der Waals surface area contributed by atoms with Crippen LogP contribution >= 0.6 is 11.6 Å². The first kappa shape index (κ1) is 16.0. The van der Waals surface area contributed by atoms with Gasteiger partial charge in [-0.1, -0.05) is 30.9 Å². The average Bonchev–Trinajstić information content (AvgIpc) is 2.53. The first-order chi connectivity index (χ1) is 11.0. The summed E-state index contributed by atoms with van der Waals surface area (Å²) in [6.07, 6.45) is 7.81. The Hall–Kier alpha value is -1.88. The Morgan fingerprint density at radius 1 is 1.35 bits per heavy atom. The van der Waals surface area contributed by atoms with Crippen molar-refractivity contribution < 1.29 is 4.79 Å². The number of carbonyl (C=O) groups is 1. The predicted octanol–water partition coefficient (Wildman–Crippen LogP) is 3.57. The maximum absolute atomic E-state index is 12.6. The SMILES string of the molecule is Cc1nc2ccc(Cl)cn2c(=O)c1NC(=O)CC1CCCCC1. The van der Waals surface area contributed by atoms with Gasteiger partial charge < -0.3 is 5.32 Å². The standard InChI is InChI=1S/C17H20ClN3O2/c1-11-16(20-15(22)9-12-5-3-2-4-6-12)17(23)21-10-13(18)7-8-14(21)19-11/h7-8,10,12H,2-6,9H2,1H3,(H,20,22). The lowest BCUT2D eigenvalue weighted by molar-refractivity contribution is -0.117. The van der Waals surface area contributed by atoms with Crippen LogP contribution in [0.2, 0.25) is 5.02 Å². The Morgan fingerprint density at radius 2 is 2.09 bits per heavy atom. The molecular weight excluding hydrogens is 314 g/mol. The molecule has 122 valence electrons. The van der Waals surface area contributed by atoms with Crippen molar-refractivity contribution in [1.29, 1.82) is 0 Å². The number of pyridine rings is 1. The molecule has 6 heteroatoms. The summed E-state index contributed by atoms with van der Waals surface area (Å²) < 4.78 is 1.37. The normalized spacial score (nSPS) is 15.7.